The van der Waals surface area contributed by atoms with E-state index in [1.54, 1.807) is 11.4 Å². The highest BCUT2D eigenvalue weighted by molar-refractivity contribution is 7.10. The number of carbonyl (C=O) groups is 2. The number of aliphatic carboxylic acids is 1. The number of aldehydes is 1. The summed E-state index contributed by atoms with van der Waals surface area (Å²) in [6, 6.07) is 1.55. The van der Waals surface area contributed by atoms with Crippen molar-refractivity contribution in [2.45, 2.75) is 0 Å². The molecule has 1 aromatic rings. The summed E-state index contributed by atoms with van der Waals surface area (Å²) in [5.41, 5.74) is 0.523. The predicted molar refractivity (Wildman–Crippen MR) is 44.2 cm³/mol. The largest absolute Gasteiger partial charge is 0.472 e. The van der Waals surface area contributed by atoms with Crippen LogP contribution >= 0.6 is 11.3 Å². The molecular weight excluding hydrogens is 176 g/mol. The Balaban J connectivity index is 2.85. The van der Waals surface area contributed by atoms with E-state index < -0.39 is 5.97 Å². The molecule has 60 valence electrons. The number of hydrogen-bond donors (Lipinski definition) is 1. The molecule has 0 atom stereocenters. The van der Waals surface area contributed by atoms with E-state index in [0.29, 0.717) is 16.7 Å². The van der Waals surface area contributed by atoms with Crippen molar-refractivity contribution >= 4 is 23.6 Å². The van der Waals surface area contributed by atoms with Crippen molar-refractivity contribution in [1.29, 1.82) is 0 Å². The molecule has 0 fully saturated rings. The van der Waals surface area contributed by atoms with Crippen molar-refractivity contribution in [3.05, 3.63) is 21.9 Å². The van der Waals surface area contributed by atoms with Gasteiger partial charge in [0.1, 0.15) is 0 Å². The lowest BCUT2D eigenvalue weighted by Gasteiger charge is -1.74. The second kappa shape index (κ2) is 3.69. The van der Waals surface area contributed by atoms with E-state index >= 15 is 0 Å². The molecule has 0 saturated heterocycles. The lowest BCUT2D eigenvalue weighted by molar-refractivity contribution is -0.130. The second-order valence-corrected chi connectivity index (χ2v) is 2.83. The first-order chi connectivity index (χ1) is 5.72. The number of carboxylic acid groups (broad SMARTS) is 1. The Morgan fingerprint density at radius 2 is 2.42 bits per heavy atom. The second-order valence-electron chi connectivity index (χ2n) is 1.92. The Kier molecular flexibility index (Phi) is 2.62. The fourth-order valence-corrected chi connectivity index (χ4v) is 1.29. The van der Waals surface area contributed by atoms with Crippen molar-refractivity contribution in [1.82, 2.24) is 0 Å². The number of carbonyl (C=O) groups excluding carboxylic acids is 1. The third-order valence-corrected chi connectivity index (χ3v) is 1.91. The fourth-order valence-electron chi connectivity index (χ4n) is 0.593. The summed E-state index contributed by atoms with van der Waals surface area (Å²) >= 11 is 1.25. The maximum Gasteiger partial charge on any atom is 0.382 e. The Labute approximate surface area is 72.6 Å². The lowest BCUT2D eigenvalue weighted by atomic mass is 10.3. The molecule has 0 unspecified atom stereocenters. The summed E-state index contributed by atoms with van der Waals surface area (Å²) in [5.74, 6) is 3.20. The Morgan fingerprint density at radius 1 is 1.67 bits per heavy atom. The van der Waals surface area contributed by atoms with Gasteiger partial charge in [0, 0.05) is 16.9 Å². The van der Waals surface area contributed by atoms with Gasteiger partial charge in [0.15, 0.2) is 6.29 Å². The molecule has 1 rings (SSSR count). The van der Waals surface area contributed by atoms with Gasteiger partial charge < -0.3 is 5.11 Å². The van der Waals surface area contributed by atoms with Gasteiger partial charge in [0.25, 0.3) is 0 Å². The minimum absolute atomic E-state index is 0.523. The summed E-state index contributed by atoms with van der Waals surface area (Å²) in [6.07, 6.45) is 0.697. The molecule has 0 aliphatic rings. The molecule has 0 radical (unpaired) electrons. The molecule has 1 aromatic heterocycles. The van der Waals surface area contributed by atoms with Gasteiger partial charge in [-0.05, 0) is 12.0 Å². The summed E-state index contributed by atoms with van der Waals surface area (Å²) in [7, 11) is 0. The van der Waals surface area contributed by atoms with Crippen LogP contribution in [0.5, 0.6) is 0 Å². The molecule has 0 saturated carbocycles. The zero-order valence-corrected chi connectivity index (χ0v) is 6.72. The number of rotatable bonds is 1. The molecular formula is C8H4O3S. The van der Waals surface area contributed by atoms with Gasteiger partial charge in [-0.3, -0.25) is 4.79 Å². The molecule has 12 heavy (non-hydrogen) atoms. The van der Waals surface area contributed by atoms with E-state index in [4.69, 9.17) is 5.11 Å². The van der Waals surface area contributed by atoms with Gasteiger partial charge in [-0.2, -0.15) is 0 Å². The maximum absolute atomic E-state index is 10.2. The highest BCUT2D eigenvalue weighted by Gasteiger charge is 1.94. The highest BCUT2D eigenvalue weighted by Crippen LogP contribution is 2.10. The van der Waals surface area contributed by atoms with Crippen LogP contribution in [-0.4, -0.2) is 17.4 Å². The van der Waals surface area contributed by atoms with Crippen LogP contribution in [0.1, 0.15) is 15.2 Å². The molecule has 4 heteroatoms. The monoisotopic (exact) mass is 180 g/mol. The molecule has 0 aliphatic heterocycles. The minimum Gasteiger partial charge on any atom is -0.472 e. The van der Waals surface area contributed by atoms with Gasteiger partial charge in [0.05, 0.1) is 4.88 Å². The number of thiophene rings is 1. The summed E-state index contributed by atoms with van der Waals surface area (Å²) in [5, 5.41) is 9.82. The predicted octanol–water partition coefficient (Wildman–Crippen LogP) is 0.997. The van der Waals surface area contributed by atoms with Crippen LogP contribution in [0, 0.1) is 11.8 Å². The van der Waals surface area contributed by atoms with E-state index in [9.17, 15) is 9.59 Å². The van der Waals surface area contributed by atoms with Gasteiger partial charge in [-0.25, -0.2) is 4.79 Å². The quantitative estimate of drug-likeness (QED) is 0.518. The standard InChI is InChI=1S/C8H4O3S/c9-4-6-3-7(12-5-6)1-2-8(10)11/h3-5H,(H,10,11). The van der Waals surface area contributed by atoms with Crippen molar-refractivity contribution in [2.75, 3.05) is 0 Å². The molecule has 3 nitrogen and oxygen atoms in total. The van der Waals surface area contributed by atoms with E-state index in [1.165, 1.54) is 11.3 Å². The molecule has 0 spiro atoms. The van der Waals surface area contributed by atoms with Crippen molar-refractivity contribution in [3.8, 4) is 11.8 Å². The fraction of sp³-hybridized carbons (Fsp3) is 0. The van der Waals surface area contributed by atoms with Crippen LogP contribution in [0.15, 0.2) is 11.4 Å². The average molecular weight is 180 g/mol. The van der Waals surface area contributed by atoms with Crippen molar-refractivity contribution < 1.29 is 14.7 Å². The Bertz CT molecular complexity index is 367. The van der Waals surface area contributed by atoms with Crippen LogP contribution in [-0.2, 0) is 4.79 Å². The lowest BCUT2D eigenvalue weighted by Crippen LogP contribution is -1.86. The molecule has 0 aromatic carbocycles. The van der Waals surface area contributed by atoms with Crippen LogP contribution < -0.4 is 0 Å². The summed E-state index contributed by atoms with van der Waals surface area (Å²) < 4.78 is 0. The molecule has 1 heterocycles. The summed E-state index contributed by atoms with van der Waals surface area (Å²) in [6.45, 7) is 0. The minimum atomic E-state index is -1.17. The Morgan fingerprint density at radius 3 is 2.92 bits per heavy atom. The normalized spacial score (nSPS) is 8.33. The van der Waals surface area contributed by atoms with Crippen LogP contribution in [0.3, 0.4) is 0 Å². The van der Waals surface area contributed by atoms with Gasteiger partial charge in [0.2, 0.25) is 0 Å². The molecule has 0 bridgehead atoms. The van der Waals surface area contributed by atoms with Gasteiger partial charge in [-0.15, -0.1) is 11.3 Å². The molecule has 1 N–H and O–H groups in total. The Hall–Kier alpha value is -1.60. The molecule has 0 amide bonds. The topological polar surface area (TPSA) is 54.4 Å². The zero-order chi connectivity index (χ0) is 8.97. The maximum atomic E-state index is 10.2. The zero-order valence-electron chi connectivity index (χ0n) is 5.90. The average Bonchev–Trinajstić information content (AvgIpc) is 2.48. The number of carboxylic acids is 1. The van der Waals surface area contributed by atoms with E-state index in [2.05, 4.69) is 5.92 Å². The van der Waals surface area contributed by atoms with E-state index in [0.717, 1.165) is 0 Å². The first kappa shape index (κ1) is 8.50. The first-order valence-corrected chi connectivity index (χ1v) is 3.89. The van der Waals surface area contributed by atoms with Crippen molar-refractivity contribution in [3.63, 3.8) is 0 Å². The van der Waals surface area contributed by atoms with Crippen LogP contribution in [0.25, 0.3) is 0 Å². The van der Waals surface area contributed by atoms with E-state index in [-0.39, 0.29) is 0 Å². The van der Waals surface area contributed by atoms with E-state index in [1.807, 2.05) is 5.92 Å². The summed E-state index contributed by atoms with van der Waals surface area (Å²) in [4.78, 5) is 20.8. The first-order valence-electron chi connectivity index (χ1n) is 3.01. The highest BCUT2D eigenvalue weighted by atomic mass is 32.1. The third kappa shape index (κ3) is 2.22. The number of hydrogen-bond acceptors (Lipinski definition) is 3. The van der Waals surface area contributed by atoms with Gasteiger partial charge >= 0.3 is 5.97 Å². The van der Waals surface area contributed by atoms with Crippen LogP contribution in [0.4, 0.5) is 0 Å². The van der Waals surface area contributed by atoms with Gasteiger partial charge in [-0.1, -0.05) is 0 Å². The molecule has 0 aliphatic carbocycles. The van der Waals surface area contributed by atoms with Crippen molar-refractivity contribution in [2.24, 2.45) is 0 Å². The smallest absolute Gasteiger partial charge is 0.382 e. The third-order valence-electron chi connectivity index (χ3n) is 1.05. The SMILES string of the molecule is O=Cc1csc(C#CC(=O)O)c1. The van der Waals surface area contributed by atoms with Crippen LogP contribution in [0.2, 0.25) is 0 Å².